The Morgan fingerprint density at radius 2 is 1.39 bits per heavy atom. The molecule has 1 aromatic heterocycles. The summed E-state index contributed by atoms with van der Waals surface area (Å²) in [6.07, 6.45) is 4.14. The van der Waals surface area contributed by atoms with Gasteiger partial charge in [-0.05, 0) is 34.5 Å². The van der Waals surface area contributed by atoms with Crippen molar-refractivity contribution in [3.63, 3.8) is 0 Å². The maximum atomic E-state index is 12.6. The summed E-state index contributed by atoms with van der Waals surface area (Å²) in [5.74, 6) is 0.0209. The molecule has 13 heteroatoms. The summed E-state index contributed by atoms with van der Waals surface area (Å²) >= 11 is 0. The van der Waals surface area contributed by atoms with Crippen molar-refractivity contribution in [1.82, 2.24) is 15.4 Å². The molecular formula is C23H19N5O6S2. The van der Waals surface area contributed by atoms with E-state index in [1.54, 1.807) is 60.7 Å². The highest BCUT2D eigenvalue weighted by Gasteiger charge is 2.33. The molecule has 0 fully saturated rings. The van der Waals surface area contributed by atoms with Gasteiger partial charge in [0, 0.05) is 6.07 Å². The number of nitrogens with zero attached hydrogens (tertiary/aromatic N) is 4. The molecule has 0 aliphatic rings. The van der Waals surface area contributed by atoms with Gasteiger partial charge >= 0.3 is 0 Å². The van der Waals surface area contributed by atoms with E-state index in [0.29, 0.717) is 11.3 Å². The van der Waals surface area contributed by atoms with E-state index in [2.05, 4.69) is 20.8 Å². The summed E-state index contributed by atoms with van der Waals surface area (Å²) in [4.78, 5) is -2.06. The molecular weight excluding hydrogens is 506 g/mol. The van der Waals surface area contributed by atoms with Crippen LogP contribution in [0.3, 0.4) is 0 Å². The maximum absolute atomic E-state index is 12.6. The summed E-state index contributed by atoms with van der Waals surface area (Å²) in [5.41, 5.74) is 3.57. The van der Waals surface area contributed by atoms with Crippen LogP contribution in [0.4, 0.5) is 17.2 Å². The molecule has 0 bridgehead atoms. The normalized spacial score (nSPS) is 11.9. The number of hydrogen-bond donors (Lipinski definition) is 3. The van der Waals surface area contributed by atoms with Crippen LogP contribution in [0.15, 0.2) is 94.9 Å². The lowest BCUT2D eigenvalue weighted by Crippen LogP contribution is -2.28. The molecule has 0 saturated carbocycles. The Bertz CT molecular complexity index is 1600. The molecule has 11 nitrogen and oxygen atoms in total. The molecule has 0 amide bonds. The predicted octanol–water partition coefficient (Wildman–Crippen LogP) is 3.70. The Morgan fingerprint density at radius 1 is 0.750 bits per heavy atom. The van der Waals surface area contributed by atoms with E-state index in [1.165, 1.54) is 36.5 Å². The van der Waals surface area contributed by atoms with Gasteiger partial charge in [0.25, 0.3) is 20.2 Å². The average Bonchev–Trinajstić information content (AvgIpc) is 2.86. The second-order valence-electron chi connectivity index (χ2n) is 7.32. The maximum Gasteiger partial charge on any atom is 0.298 e. The van der Waals surface area contributed by atoms with Crippen molar-refractivity contribution < 1.29 is 25.9 Å². The Kier molecular flexibility index (Phi) is 7.07. The topological polar surface area (TPSA) is 163 Å². The SMILES string of the molecule is O=S(=O)(O)c1c(C=Cc2ccccc2)ccc(N(Nc2ccccc2)c2ccnnn2)c1S(=O)(=O)O. The van der Waals surface area contributed by atoms with E-state index >= 15 is 0 Å². The molecule has 4 rings (SSSR count). The van der Waals surface area contributed by atoms with Crippen molar-refractivity contribution in [2.24, 2.45) is 0 Å². The predicted molar refractivity (Wildman–Crippen MR) is 133 cm³/mol. The van der Waals surface area contributed by atoms with Crippen molar-refractivity contribution in [1.29, 1.82) is 0 Å². The van der Waals surface area contributed by atoms with Crippen molar-refractivity contribution in [3.05, 3.63) is 96.2 Å². The molecule has 36 heavy (non-hydrogen) atoms. The van der Waals surface area contributed by atoms with E-state index in [0.717, 1.165) is 5.01 Å². The second-order valence-corrected chi connectivity index (χ2v) is 10.0. The van der Waals surface area contributed by atoms with Crippen LogP contribution in [0, 0.1) is 0 Å². The van der Waals surface area contributed by atoms with Gasteiger partial charge in [0.2, 0.25) is 0 Å². The second kappa shape index (κ2) is 10.2. The Balaban J connectivity index is 1.98. The van der Waals surface area contributed by atoms with Gasteiger partial charge in [-0.15, -0.1) is 10.2 Å². The van der Waals surface area contributed by atoms with Crippen molar-refractivity contribution in [3.8, 4) is 0 Å². The summed E-state index contributed by atoms with van der Waals surface area (Å²) in [6.45, 7) is 0. The van der Waals surface area contributed by atoms with Crippen LogP contribution >= 0.6 is 0 Å². The molecule has 0 aliphatic heterocycles. The Labute approximate surface area is 207 Å². The van der Waals surface area contributed by atoms with E-state index < -0.39 is 30.0 Å². The van der Waals surface area contributed by atoms with E-state index in [1.807, 2.05) is 0 Å². The lowest BCUT2D eigenvalue weighted by molar-refractivity contribution is 0.466. The fourth-order valence-electron chi connectivity index (χ4n) is 3.38. The van der Waals surface area contributed by atoms with Crippen molar-refractivity contribution in [2.45, 2.75) is 9.79 Å². The van der Waals surface area contributed by atoms with E-state index in [-0.39, 0.29) is 17.1 Å². The number of hydrogen-bond acceptors (Lipinski definition) is 9. The first-order valence-corrected chi connectivity index (χ1v) is 13.1. The largest absolute Gasteiger partial charge is 0.298 e. The molecule has 3 aromatic carbocycles. The van der Waals surface area contributed by atoms with E-state index in [9.17, 15) is 25.9 Å². The minimum absolute atomic E-state index is 0.0209. The molecule has 1 heterocycles. The fourth-order valence-corrected chi connectivity index (χ4v) is 5.56. The zero-order chi connectivity index (χ0) is 25.8. The van der Waals surface area contributed by atoms with Gasteiger partial charge in [0.05, 0.1) is 17.6 Å². The van der Waals surface area contributed by atoms with Gasteiger partial charge < -0.3 is 0 Å². The van der Waals surface area contributed by atoms with E-state index in [4.69, 9.17) is 0 Å². The zero-order valence-corrected chi connectivity index (χ0v) is 20.0. The molecule has 0 aliphatic carbocycles. The third-order valence-electron chi connectivity index (χ3n) is 4.87. The molecule has 184 valence electrons. The van der Waals surface area contributed by atoms with Gasteiger partial charge in [0.1, 0.15) is 9.79 Å². The zero-order valence-electron chi connectivity index (χ0n) is 18.4. The highest BCUT2D eigenvalue weighted by molar-refractivity contribution is 7.89. The number of para-hydroxylation sites is 1. The van der Waals surface area contributed by atoms with Crippen molar-refractivity contribution >= 4 is 49.6 Å². The smallest absolute Gasteiger partial charge is 0.292 e. The van der Waals surface area contributed by atoms with Crippen LogP contribution < -0.4 is 10.4 Å². The molecule has 0 unspecified atom stereocenters. The highest BCUT2D eigenvalue weighted by atomic mass is 32.2. The minimum Gasteiger partial charge on any atom is -0.292 e. The number of nitrogens with one attached hydrogen (secondary N) is 1. The van der Waals surface area contributed by atoms with Gasteiger partial charge in [-0.2, -0.15) is 16.8 Å². The van der Waals surface area contributed by atoms with Gasteiger partial charge in [-0.3, -0.25) is 14.5 Å². The lowest BCUT2D eigenvalue weighted by Gasteiger charge is -2.27. The molecule has 0 spiro atoms. The molecule has 4 aromatic rings. The quantitative estimate of drug-likeness (QED) is 0.175. The van der Waals surface area contributed by atoms with Crippen LogP contribution in [0.5, 0.6) is 0 Å². The van der Waals surface area contributed by atoms with Gasteiger partial charge in [-0.25, -0.2) is 5.01 Å². The standard InChI is InChI=1S/C23H19N5O6S2/c29-35(30,31)22-18(12-11-17-7-3-1-4-8-17)13-14-20(23(22)36(32,33)34)28(21-15-16-24-27-25-21)26-19-9-5-2-6-10-19/h1-16,26H,(H,29,30,31)(H,32,33,34). The monoisotopic (exact) mass is 525 g/mol. The van der Waals surface area contributed by atoms with Crippen LogP contribution in [-0.4, -0.2) is 41.4 Å². The first-order chi connectivity index (χ1) is 17.1. The third-order valence-corrected chi connectivity index (χ3v) is 6.88. The number of aromatic nitrogens is 3. The van der Waals surface area contributed by atoms with Crippen LogP contribution in [0.25, 0.3) is 12.2 Å². The summed E-state index contributed by atoms with van der Waals surface area (Å²) in [7, 11) is -10.4. The summed E-state index contributed by atoms with van der Waals surface area (Å²) in [5, 5.41) is 12.1. The highest BCUT2D eigenvalue weighted by Crippen LogP contribution is 2.37. The Hall–Kier alpha value is -4.17. The third kappa shape index (κ3) is 5.72. The fraction of sp³-hybridized carbons (Fsp3) is 0. The number of rotatable bonds is 8. The first-order valence-electron chi connectivity index (χ1n) is 10.3. The molecule has 0 radical (unpaired) electrons. The summed E-state index contributed by atoms with van der Waals surface area (Å²) in [6, 6.07) is 21.3. The Morgan fingerprint density at radius 3 is 1.97 bits per heavy atom. The molecule has 0 atom stereocenters. The van der Waals surface area contributed by atoms with Crippen LogP contribution in [0.2, 0.25) is 0 Å². The first kappa shape index (κ1) is 24.9. The van der Waals surface area contributed by atoms with Crippen molar-refractivity contribution in [2.75, 3.05) is 10.4 Å². The minimum atomic E-state index is -5.22. The molecule has 3 N–H and O–H groups in total. The average molecular weight is 526 g/mol. The summed E-state index contributed by atoms with van der Waals surface area (Å²) < 4.78 is 70.3. The number of hydrazine groups is 1. The van der Waals surface area contributed by atoms with Gasteiger partial charge in [-0.1, -0.05) is 66.7 Å². The van der Waals surface area contributed by atoms with Gasteiger partial charge in [0.15, 0.2) is 5.82 Å². The van der Waals surface area contributed by atoms with Crippen LogP contribution in [0.1, 0.15) is 11.1 Å². The lowest BCUT2D eigenvalue weighted by atomic mass is 10.1. The number of benzene rings is 3. The number of anilines is 3. The molecule has 0 saturated heterocycles. The van der Waals surface area contributed by atoms with Crippen LogP contribution in [-0.2, 0) is 20.2 Å².